The van der Waals surface area contributed by atoms with Gasteiger partial charge in [0.2, 0.25) is 0 Å². The highest BCUT2D eigenvalue weighted by Gasteiger charge is 2.17. The standard InChI is InChI=1S/C13H18FN3/c1-9-5-4-8-11(12(9)14)13(17-15)16-10-6-2-3-7-10/h4-5,8,10H,2-3,6-7,15H2,1H3,(H,16,17). The fourth-order valence-corrected chi connectivity index (χ4v) is 2.23. The van der Waals surface area contributed by atoms with Gasteiger partial charge in [-0.25, -0.2) is 10.2 Å². The molecule has 0 spiro atoms. The molecule has 2 rings (SSSR count). The molecule has 1 saturated carbocycles. The molecule has 1 aliphatic rings. The van der Waals surface area contributed by atoms with Gasteiger partial charge in [-0.3, -0.25) is 4.99 Å². The third-order valence-electron chi connectivity index (χ3n) is 3.22. The molecule has 0 amide bonds. The average Bonchev–Trinajstić information content (AvgIpc) is 2.83. The minimum absolute atomic E-state index is 0.248. The molecule has 0 saturated heterocycles. The van der Waals surface area contributed by atoms with Crippen molar-refractivity contribution < 1.29 is 4.39 Å². The second-order valence-electron chi connectivity index (χ2n) is 4.50. The Balaban J connectivity index is 2.31. The van der Waals surface area contributed by atoms with Crippen LogP contribution in [-0.4, -0.2) is 11.9 Å². The number of hydrazine groups is 1. The Kier molecular flexibility index (Phi) is 3.74. The Morgan fingerprint density at radius 1 is 1.41 bits per heavy atom. The van der Waals surface area contributed by atoms with Gasteiger partial charge in [0.15, 0.2) is 0 Å². The second kappa shape index (κ2) is 5.27. The number of aliphatic imine (C=N–C) groups is 1. The van der Waals surface area contributed by atoms with Crippen LogP contribution in [0, 0.1) is 12.7 Å². The lowest BCUT2D eigenvalue weighted by atomic mass is 10.1. The van der Waals surface area contributed by atoms with Gasteiger partial charge in [-0.2, -0.15) is 0 Å². The van der Waals surface area contributed by atoms with Gasteiger partial charge >= 0.3 is 0 Å². The first-order chi connectivity index (χ1) is 8.22. The highest BCUT2D eigenvalue weighted by molar-refractivity contribution is 5.98. The van der Waals surface area contributed by atoms with Crippen LogP contribution < -0.4 is 11.3 Å². The van der Waals surface area contributed by atoms with Crippen LogP contribution in [0.5, 0.6) is 0 Å². The predicted molar refractivity (Wildman–Crippen MR) is 67.3 cm³/mol. The predicted octanol–water partition coefficient (Wildman–Crippen LogP) is 2.29. The summed E-state index contributed by atoms with van der Waals surface area (Å²) in [6.07, 6.45) is 4.53. The molecule has 0 aromatic heterocycles. The van der Waals surface area contributed by atoms with E-state index < -0.39 is 0 Å². The smallest absolute Gasteiger partial charge is 0.145 e. The molecule has 4 heteroatoms. The minimum Gasteiger partial charge on any atom is -0.308 e. The zero-order valence-electron chi connectivity index (χ0n) is 10.0. The van der Waals surface area contributed by atoms with Gasteiger partial charge in [-0.05, 0) is 31.4 Å². The fraction of sp³-hybridized carbons (Fsp3) is 0.462. The zero-order valence-corrected chi connectivity index (χ0v) is 10.0. The Bertz CT molecular complexity index is 423. The van der Waals surface area contributed by atoms with Crippen molar-refractivity contribution in [2.24, 2.45) is 10.8 Å². The summed E-state index contributed by atoms with van der Waals surface area (Å²) >= 11 is 0. The molecule has 0 bridgehead atoms. The molecule has 1 aromatic rings. The molecule has 3 nitrogen and oxygen atoms in total. The first-order valence-corrected chi connectivity index (χ1v) is 6.02. The highest BCUT2D eigenvalue weighted by Crippen LogP contribution is 2.22. The maximum Gasteiger partial charge on any atom is 0.145 e. The third kappa shape index (κ3) is 2.64. The maximum atomic E-state index is 13.9. The molecule has 1 fully saturated rings. The number of nitrogens with two attached hydrogens (primary N) is 1. The Hall–Kier alpha value is -1.42. The lowest BCUT2D eigenvalue weighted by Gasteiger charge is -2.11. The van der Waals surface area contributed by atoms with Crippen molar-refractivity contribution in [1.29, 1.82) is 0 Å². The van der Waals surface area contributed by atoms with E-state index in [9.17, 15) is 4.39 Å². The van der Waals surface area contributed by atoms with Crippen molar-refractivity contribution in [1.82, 2.24) is 5.43 Å². The van der Waals surface area contributed by atoms with E-state index in [1.807, 2.05) is 6.07 Å². The van der Waals surface area contributed by atoms with E-state index in [2.05, 4.69) is 10.4 Å². The number of nitrogens with one attached hydrogen (secondary N) is 1. The molecule has 1 aromatic carbocycles. The van der Waals surface area contributed by atoms with Crippen molar-refractivity contribution in [3.8, 4) is 0 Å². The summed E-state index contributed by atoms with van der Waals surface area (Å²) in [5, 5.41) is 0. The second-order valence-corrected chi connectivity index (χ2v) is 4.50. The summed E-state index contributed by atoms with van der Waals surface area (Å²) in [4.78, 5) is 4.51. The van der Waals surface area contributed by atoms with Crippen molar-refractivity contribution in [2.75, 3.05) is 0 Å². The monoisotopic (exact) mass is 235 g/mol. The SMILES string of the molecule is Cc1cccc(C(=NC2CCCC2)NN)c1F. The molecule has 17 heavy (non-hydrogen) atoms. The van der Waals surface area contributed by atoms with Crippen LogP contribution in [0.4, 0.5) is 4.39 Å². The molecule has 92 valence electrons. The largest absolute Gasteiger partial charge is 0.308 e. The van der Waals surface area contributed by atoms with E-state index in [0.29, 0.717) is 17.0 Å². The fourth-order valence-electron chi connectivity index (χ4n) is 2.23. The third-order valence-corrected chi connectivity index (χ3v) is 3.22. The molecule has 3 N–H and O–H groups in total. The maximum absolute atomic E-state index is 13.9. The molecule has 0 unspecified atom stereocenters. The Morgan fingerprint density at radius 2 is 2.12 bits per heavy atom. The van der Waals surface area contributed by atoms with Crippen LogP contribution in [0.1, 0.15) is 36.8 Å². The number of hydrogen-bond donors (Lipinski definition) is 2. The molecule has 0 atom stereocenters. The van der Waals surface area contributed by atoms with Crippen LogP contribution >= 0.6 is 0 Å². The van der Waals surface area contributed by atoms with E-state index in [4.69, 9.17) is 5.84 Å². The topological polar surface area (TPSA) is 50.4 Å². The van der Waals surface area contributed by atoms with Crippen molar-refractivity contribution in [2.45, 2.75) is 38.6 Å². The van der Waals surface area contributed by atoms with Gasteiger partial charge in [-0.1, -0.05) is 25.0 Å². The van der Waals surface area contributed by atoms with Crippen molar-refractivity contribution in [3.63, 3.8) is 0 Å². The first-order valence-electron chi connectivity index (χ1n) is 6.02. The summed E-state index contributed by atoms with van der Waals surface area (Å²) in [5.74, 6) is 5.66. The van der Waals surface area contributed by atoms with Crippen LogP contribution in [0.3, 0.4) is 0 Å². The normalized spacial score (nSPS) is 17.5. The van der Waals surface area contributed by atoms with E-state index in [1.54, 1.807) is 19.1 Å². The van der Waals surface area contributed by atoms with Gasteiger partial charge in [0.05, 0.1) is 11.6 Å². The first kappa shape index (κ1) is 12.0. The number of halogens is 1. The molecule has 1 aliphatic carbocycles. The van der Waals surface area contributed by atoms with Crippen LogP contribution in [0.25, 0.3) is 0 Å². The van der Waals surface area contributed by atoms with Crippen LogP contribution in [-0.2, 0) is 0 Å². The molecule has 0 aliphatic heterocycles. The Labute approximate surface area is 101 Å². The van der Waals surface area contributed by atoms with Crippen molar-refractivity contribution >= 4 is 5.84 Å². The number of rotatable bonds is 2. The number of benzene rings is 1. The number of hydrogen-bond acceptors (Lipinski definition) is 2. The van der Waals surface area contributed by atoms with Crippen LogP contribution in [0.2, 0.25) is 0 Å². The van der Waals surface area contributed by atoms with E-state index in [0.717, 1.165) is 12.8 Å². The quantitative estimate of drug-likeness (QED) is 0.357. The van der Waals surface area contributed by atoms with E-state index >= 15 is 0 Å². The van der Waals surface area contributed by atoms with Gasteiger partial charge in [-0.15, -0.1) is 0 Å². The summed E-state index contributed by atoms with van der Waals surface area (Å²) in [7, 11) is 0. The zero-order chi connectivity index (χ0) is 12.3. The number of amidine groups is 1. The van der Waals surface area contributed by atoms with E-state index in [1.165, 1.54) is 12.8 Å². The minimum atomic E-state index is -0.248. The summed E-state index contributed by atoms with van der Waals surface area (Å²) in [6.45, 7) is 1.74. The average molecular weight is 235 g/mol. The van der Waals surface area contributed by atoms with Gasteiger partial charge in [0, 0.05) is 0 Å². The number of aryl methyl sites for hydroxylation is 1. The van der Waals surface area contributed by atoms with Crippen LogP contribution in [0.15, 0.2) is 23.2 Å². The summed E-state index contributed by atoms with van der Waals surface area (Å²) < 4.78 is 13.9. The lowest BCUT2D eigenvalue weighted by molar-refractivity contribution is 0.613. The molecule has 0 radical (unpaired) electrons. The van der Waals surface area contributed by atoms with Crippen molar-refractivity contribution in [3.05, 3.63) is 35.1 Å². The summed E-state index contributed by atoms with van der Waals surface area (Å²) in [6, 6.07) is 5.54. The highest BCUT2D eigenvalue weighted by atomic mass is 19.1. The van der Waals surface area contributed by atoms with Gasteiger partial charge < -0.3 is 5.43 Å². The van der Waals surface area contributed by atoms with Gasteiger partial charge in [0.1, 0.15) is 11.7 Å². The Morgan fingerprint density at radius 3 is 2.76 bits per heavy atom. The summed E-state index contributed by atoms with van der Waals surface area (Å²) in [5.41, 5.74) is 3.59. The molecular formula is C13H18FN3. The van der Waals surface area contributed by atoms with Gasteiger partial charge in [0.25, 0.3) is 0 Å². The lowest BCUT2D eigenvalue weighted by Crippen LogP contribution is -2.33. The molecule has 0 heterocycles. The molecular weight excluding hydrogens is 217 g/mol. The van der Waals surface area contributed by atoms with E-state index in [-0.39, 0.29) is 11.9 Å². The number of nitrogens with zero attached hydrogens (tertiary/aromatic N) is 1.